The van der Waals surface area contributed by atoms with Crippen LogP contribution in [0.2, 0.25) is 0 Å². The third-order valence-electron chi connectivity index (χ3n) is 8.58. The maximum Gasteiger partial charge on any atom is 0.338 e. The Kier molecular flexibility index (Phi) is 8.41. The van der Waals surface area contributed by atoms with E-state index >= 15 is 4.39 Å². The van der Waals surface area contributed by atoms with Gasteiger partial charge in [0, 0.05) is 49.9 Å². The van der Waals surface area contributed by atoms with Crippen LogP contribution in [0.3, 0.4) is 0 Å². The number of ether oxygens (including phenoxy) is 1. The predicted molar refractivity (Wildman–Crippen MR) is 156 cm³/mol. The summed E-state index contributed by atoms with van der Waals surface area (Å²) in [4.78, 5) is 50.7. The van der Waals surface area contributed by atoms with Crippen LogP contribution in [0.4, 0.5) is 8.78 Å². The number of fused-ring (bicyclic) bond motifs is 1. The molecule has 43 heavy (non-hydrogen) atoms. The molecule has 2 saturated heterocycles. The zero-order chi connectivity index (χ0) is 31.1. The Hall–Kier alpha value is -3.71. The van der Waals surface area contributed by atoms with Gasteiger partial charge in [-0.25, -0.2) is 18.6 Å². The quantitative estimate of drug-likeness (QED) is 0.389. The van der Waals surface area contributed by atoms with Crippen LogP contribution in [0.5, 0.6) is 0 Å². The average Bonchev–Trinajstić information content (AvgIpc) is 3.66. The summed E-state index contributed by atoms with van der Waals surface area (Å²) in [6, 6.07) is 2.89. The number of halogens is 2. The van der Waals surface area contributed by atoms with E-state index in [2.05, 4.69) is 10.3 Å². The lowest BCUT2D eigenvalue weighted by molar-refractivity contribution is -0.148. The first-order valence-electron chi connectivity index (χ1n) is 14.2. The van der Waals surface area contributed by atoms with E-state index in [1.54, 1.807) is 51.4 Å². The van der Waals surface area contributed by atoms with Crippen molar-refractivity contribution < 1.29 is 33.0 Å². The monoisotopic (exact) mass is 615 g/mol. The summed E-state index contributed by atoms with van der Waals surface area (Å²) in [5.74, 6) is -2.32. The number of amidine groups is 1. The molecule has 0 bridgehead atoms. The van der Waals surface area contributed by atoms with Crippen molar-refractivity contribution in [2.75, 3.05) is 32.8 Å². The Bertz CT molecular complexity index is 1490. The first-order chi connectivity index (χ1) is 20.4. The van der Waals surface area contributed by atoms with E-state index in [0.717, 1.165) is 0 Å². The molecule has 1 aromatic carbocycles. The summed E-state index contributed by atoms with van der Waals surface area (Å²) in [7, 11) is 0. The van der Waals surface area contributed by atoms with Gasteiger partial charge in [0.15, 0.2) is 10.8 Å². The van der Waals surface area contributed by atoms with Crippen molar-refractivity contribution in [3.63, 3.8) is 0 Å². The molecule has 3 aliphatic heterocycles. The summed E-state index contributed by atoms with van der Waals surface area (Å²) < 4.78 is 36.4. The number of thiazole rings is 1. The standard InChI is InChI=1S/C30H35F2N5O5S/c1-5-42-26(38)22-20(34-24(25-33-11-14-43-25)35-23(22)18-7-6-8-19(31)17(18)2)15-36-13-10-30(32)21(36)16-37(27(30)39)12-9-29(3,4)28(40)41/h6-8,11,14,21,23H,5,9-10,12-13,15-16H2,1-4H3,(H,34,35)(H,40,41). The number of carboxylic acid groups (broad SMARTS) is 1. The number of aliphatic imine (C=N–C) groups is 1. The summed E-state index contributed by atoms with van der Waals surface area (Å²) in [6.45, 7) is 7.09. The van der Waals surface area contributed by atoms with Crippen molar-refractivity contribution in [2.24, 2.45) is 10.4 Å². The largest absolute Gasteiger partial charge is 0.481 e. The number of aliphatic carboxylic acids is 1. The van der Waals surface area contributed by atoms with Crippen LogP contribution in [0.25, 0.3) is 0 Å². The lowest BCUT2D eigenvalue weighted by Gasteiger charge is -2.32. The Labute approximate surface area is 252 Å². The molecular weight excluding hydrogens is 580 g/mol. The molecular formula is C30H35F2N5O5S. The number of hydrogen-bond donors (Lipinski definition) is 2. The van der Waals surface area contributed by atoms with E-state index < -0.39 is 46.8 Å². The minimum atomic E-state index is -2.13. The Morgan fingerprint density at radius 1 is 1.33 bits per heavy atom. The van der Waals surface area contributed by atoms with Gasteiger partial charge in [-0.2, -0.15) is 0 Å². The lowest BCUT2D eigenvalue weighted by atomic mass is 9.89. The van der Waals surface area contributed by atoms with Gasteiger partial charge in [-0.05, 0) is 51.3 Å². The van der Waals surface area contributed by atoms with Crippen molar-refractivity contribution >= 4 is 35.0 Å². The van der Waals surface area contributed by atoms with Gasteiger partial charge in [0.05, 0.1) is 23.6 Å². The molecule has 0 aliphatic carbocycles. The Balaban J connectivity index is 1.50. The van der Waals surface area contributed by atoms with E-state index in [4.69, 9.17) is 9.73 Å². The second kappa shape index (κ2) is 11.8. The number of aromatic nitrogens is 1. The van der Waals surface area contributed by atoms with Gasteiger partial charge in [-0.15, -0.1) is 11.3 Å². The lowest BCUT2D eigenvalue weighted by Crippen LogP contribution is -2.45. The van der Waals surface area contributed by atoms with Gasteiger partial charge < -0.3 is 20.1 Å². The molecule has 3 unspecified atom stereocenters. The number of amides is 1. The smallest absolute Gasteiger partial charge is 0.338 e. The molecule has 4 heterocycles. The SMILES string of the molecule is CCOC(=O)C1=C(CN2CCC3(F)C(=O)N(CCC(C)(C)C(=O)O)CC23)NC(c2nccs2)=NC1c1cccc(F)c1C. The number of hydrogen-bond acceptors (Lipinski definition) is 9. The van der Waals surface area contributed by atoms with Gasteiger partial charge in [0.1, 0.15) is 11.9 Å². The maximum atomic E-state index is 16.3. The molecule has 2 fully saturated rings. The van der Waals surface area contributed by atoms with Crippen LogP contribution in [0.15, 0.2) is 46.0 Å². The van der Waals surface area contributed by atoms with Gasteiger partial charge in [0.25, 0.3) is 5.91 Å². The minimum Gasteiger partial charge on any atom is -0.481 e. The molecule has 1 aromatic heterocycles. The zero-order valence-corrected chi connectivity index (χ0v) is 25.3. The number of benzene rings is 1. The van der Waals surface area contributed by atoms with Crippen LogP contribution < -0.4 is 5.32 Å². The van der Waals surface area contributed by atoms with Crippen molar-refractivity contribution in [1.29, 1.82) is 0 Å². The molecule has 2 N–H and O–H groups in total. The topological polar surface area (TPSA) is 124 Å². The Morgan fingerprint density at radius 3 is 2.77 bits per heavy atom. The fraction of sp³-hybridized carbons (Fsp3) is 0.500. The highest BCUT2D eigenvalue weighted by Crippen LogP contribution is 2.42. The summed E-state index contributed by atoms with van der Waals surface area (Å²) in [5, 5.41) is 15.1. The molecule has 5 rings (SSSR count). The fourth-order valence-corrected chi connectivity index (χ4v) is 6.44. The highest BCUT2D eigenvalue weighted by atomic mass is 32.1. The van der Waals surface area contributed by atoms with E-state index in [0.29, 0.717) is 27.7 Å². The Morgan fingerprint density at radius 2 is 2.09 bits per heavy atom. The van der Waals surface area contributed by atoms with E-state index in [-0.39, 0.29) is 51.2 Å². The van der Waals surface area contributed by atoms with Crippen LogP contribution in [-0.4, -0.2) is 88.1 Å². The number of carbonyl (C=O) groups excluding carboxylic acids is 2. The van der Waals surface area contributed by atoms with E-state index in [9.17, 15) is 23.9 Å². The number of likely N-dealkylation sites (tertiary alicyclic amines) is 2. The van der Waals surface area contributed by atoms with Crippen molar-refractivity contribution in [3.8, 4) is 0 Å². The summed E-state index contributed by atoms with van der Waals surface area (Å²) in [5.41, 5.74) is -1.78. The maximum absolute atomic E-state index is 16.3. The molecule has 3 aliphatic rings. The van der Waals surface area contributed by atoms with Gasteiger partial charge in [-0.1, -0.05) is 12.1 Å². The first-order valence-corrected chi connectivity index (χ1v) is 15.1. The van der Waals surface area contributed by atoms with Crippen LogP contribution in [0, 0.1) is 18.2 Å². The zero-order valence-electron chi connectivity index (χ0n) is 24.5. The molecule has 230 valence electrons. The highest BCUT2D eigenvalue weighted by Gasteiger charge is 2.60. The second-order valence-corrected chi connectivity index (χ2v) is 12.6. The van der Waals surface area contributed by atoms with Crippen LogP contribution in [0.1, 0.15) is 55.8 Å². The summed E-state index contributed by atoms with van der Waals surface area (Å²) >= 11 is 1.34. The third-order valence-corrected chi connectivity index (χ3v) is 9.36. The predicted octanol–water partition coefficient (Wildman–Crippen LogP) is 3.62. The van der Waals surface area contributed by atoms with Crippen molar-refractivity contribution in [3.05, 3.63) is 63.0 Å². The number of alkyl halides is 1. The number of carbonyl (C=O) groups is 3. The molecule has 13 heteroatoms. The number of carboxylic acids is 1. The van der Waals surface area contributed by atoms with E-state index in [1.165, 1.54) is 22.3 Å². The molecule has 2 aromatic rings. The van der Waals surface area contributed by atoms with Gasteiger partial charge in [-0.3, -0.25) is 19.5 Å². The van der Waals surface area contributed by atoms with Crippen molar-refractivity contribution in [2.45, 2.75) is 58.3 Å². The van der Waals surface area contributed by atoms with Gasteiger partial charge >= 0.3 is 11.9 Å². The van der Waals surface area contributed by atoms with E-state index in [1.807, 2.05) is 4.90 Å². The highest BCUT2D eigenvalue weighted by molar-refractivity contribution is 7.11. The molecule has 0 spiro atoms. The number of nitrogens with one attached hydrogen (secondary N) is 1. The number of rotatable bonds is 10. The molecule has 0 saturated carbocycles. The third kappa shape index (κ3) is 5.67. The van der Waals surface area contributed by atoms with Crippen LogP contribution in [-0.2, 0) is 19.1 Å². The second-order valence-electron chi connectivity index (χ2n) is 11.7. The molecule has 10 nitrogen and oxygen atoms in total. The van der Waals surface area contributed by atoms with Crippen molar-refractivity contribution in [1.82, 2.24) is 20.1 Å². The number of esters is 1. The molecule has 0 radical (unpaired) electrons. The van der Waals surface area contributed by atoms with Gasteiger partial charge in [0.2, 0.25) is 5.67 Å². The normalized spacial score (nSPS) is 24.2. The van der Waals surface area contributed by atoms with Crippen LogP contribution >= 0.6 is 11.3 Å². The first kappa shape index (κ1) is 30.7. The minimum absolute atomic E-state index is 0.0306. The fourth-order valence-electron chi connectivity index (χ4n) is 5.85. The summed E-state index contributed by atoms with van der Waals surface area (Å²) in [6.07, 6.45) is 1.77. The number of nitrogens with zero attached hydrogens (tertiary/aromatic N) is 4. The molecule has 1 amide bonds. The average molecular weight is 616 g/mol. The molecule has 3 atom stereocenters.